The van der Waals surface area contributed by atoms with Gasteiger partial charge in [0, 0.05) is 24.1 Å². The number of ether oxygens (including phenoxy) is 1. The minimum Gasteiger partial charge on any atom is -0.433 e. The van der Waals surface area contributed by atoms with Crippen LogP contribution in [0.25, 0.3) is 0 Å². The third kappa shape index (κ3) is 6.81. The van der Waals surface area contributed by atoms with Crippen LogP contribution < -0.4 is 15.4 Å². The van der Waals surface area contributed by atoms with Crippen molar-refractivity contribution in [3.05, 3.63) is 23.2 Å². The van der Waals surface area contributed by atoms with E-state index in [1.807, 2.05) is 0 Å². The van der Waals surface area contributed by atoms with Gasteiger partial charge in [-0.15, -0.1) is 0 Å². The molecule has 23 heavy (non-hydrogen) atoms. The molecule has 2 amide bonds. The van der Waals surface area contributed by atoms with Crippen LogP contribution in [0.5, 0.6) is 5.75 Å². The van der Waals surface area contributed by atoms with Crippen molar-refractivity contribution in [1.29, 1.82) is 0 Å². The molecule has 0 radical (unpaired) electrons. The molecular weight excluding hydrogens is 330 g/mol. The fourth-order valence-corrected chi connectivity index (χ4v) is 1.77. The Hall–Kier alpha value is -1.89. The number of hydrogen-bond donors (Lipinski definition) is 2. The van der Waals surface area contributed by atoms with Crippen LogP contribution >= 0.6 is 11.6 Å². The molecule has 0 bridgehead atoms. The summed E-state index contributed by atoms with van der Waals surface area (Å²) in [6.07, 6.45) is 0.0781. The first-order chi connectivity index (χ1) is 10.6. The van der Waals surface area contributed by atoms with Crippen LogP contribution in [0.3, 0.4) is 0 Å². The van der Waals surface area contributed by atoms with Crippen LogP contribution in [0.2, 0.25) is 5.02 Å². The monoisotopic (exact) mass is 348 g/mol. The highest BCUT2D eigenvalue weighted by atomic mass is 35.5. The third-order valence-corrected chi connectivity index (χ3v) is 3.05. The lowest BCUT2D eigenvalue weighted by atomic mass is 9.96. The molecule has 1 aromatic carbocycles. The molecule has 1 aromatic rings. The average Bonchev–Trinajstić information content (AvgIpc) is 2.40. The summed E-state index contributed by atoms with van der Waals surface area (Å²) >= 11 is 5.79. The normalized spacial score (nSPS) is 11.3. The van der Waals surface area contributed by atoms with E-state index in [2.05, 4.69) is 15.4 Å². The smallest absolute Gasteiger partial charge is 0.387 e. The Labute approximate surface area is 138 Å². The quantitative estimate of drug-likeness (QED) is 0.827. The van der Waals surface area contributed by atoms with Gasteiger partial charge in [-0.05, 0) is 18.2 Å². The molecule has 128 valence electrons. The zero-order valence-electron chi connectivity index (χ0n) is 13.1. The number of hydrogen-bond acceptors (Lipinski definition) is 3. The van der Waals surface area contributed by atoms with Crippen molar-refractivity contribution in [2.75, 3.05) is 11.9 Å². The largest absolute Gasteiger partial charge is 0.433 e. The maximum atomic E-state index is 12.1. The highest BCUT2D eigenvalue weighted by molar-refractivity contribution is 6.32. The Morgan fingerprint density at radius 2 is 1.96 bits per heavy atom. The van der Waals surface area contributed by atoms with Crippen LogP contribution in [0.15, 0.2) is 18.2 Å². The van der Waals surface area contributed by atoms with Crippen LogP contribution in [0, 0.1) is 5.41 Å². The fraction of sp³-hybridized carbons (Fsp3) is 0.467. The summed E-state index contributed by atoms with van der Waals surface area (Å²) in [5, 5.41) is 5.17. The fourth-order valence-electron chi connectivity index (χ4n) is 1.55. The average molecular weight is 349 g/mol. The molecule has 0 aliphatic carbocycles. The van der Waals surface area contributed by atoms with E-state index >= 15 is 0 Å². The van der Waals surface area contributed by atoms with E-state index in [0.29, 0.717) is 5.69 Å². The van der Waals surface area contributed by atoms with Gasteiger partial charge in [-0.3, -0.25) is 9.59 Å². The standard InChI is InChI=1S/C15H19ClF2N2O3/c1-15(2,3)13(22)19-7-6-12(21)20-9-4-5-11(10(16)8-9)23-14(17)18/h4-5,8,14H,6-7H2,1-3H3,(H,19,22)(H,20,21). The van der Waals surface area contributed by atoms with Crippen LogP contribution in [-0.2, 0) is 9.59 Å². The van der Waals surface area contributed by atoms with Gasteiger partial charge in [0.1, 0.15) is 5.75 Å². The first kappa shape index (κ1) is 19.2. The number of halogens is 3. The number of amides is 2. The predicted molar refractivity (Wildman–Crippen MR) is 83.8 cm³/mol. The van der Waals surface area contributed by atoms with Gasteiger partial charge in [-0.25, -0.2) is 0 Å². The van der Waals surface area contributed by atoms with E-state index in [1.165, 1.54) is 18.2 Å². The number of benzene rings is 1. The molecule has 0 atom stereocenters. The SMILES string of the molecule is CC(C)(C)C(=O)NCCC(=O)Nc1ccc(OC(F)F)c(Cl)c1. The first-order valence-electron chi connectivity index (χ1n) is 6.92. The van der Waals surface area contributed by atoms with Crippen LogP contribution in [0.1, 0.15) is 27.2 Å². The molecule has 5 nitrogen and oxygen atoms in total. The molecule has 8 heteroatoms. The zero-order chi connectivity index (χ0) is 17.6. The summed E-state index contributed by atoms with van der Waals surface area (Å²) in [6.45, 7) is 2.54. The molecular formula is C15H19ClF2N2O3. The van der Waals surface area contributed by atoms with Crippen molar-refractivity contribution >= 4 is 29.1 Å². The van der Waals surface area contributed by atoms with Gasteiger partial charge >= 0.3 is 6.61 Å². The molecule has 0 aromatic heterocycles. The highest BCUT2D eigenvalue weighted by Gasteiger charge is 2.20. The molecule has 1 rings (SSSR count). The Morgan fingerprint density at radius 1 is 1.30 bits per heavy atom. The van der Waals surface area contributed by atoms with Gasteiger partial charge in [0.25, 0.3) is 0 Å². The topological polar surface area (TPSA) is 67.4 Å². The van der Waals surface area contributed by atoms with Crippen molar-refractivity contribution in [3.63, 3.8) is 0 Å². The zero-order valence-corrected chi connectivity index (χ0v) is 13.8. The maximum Gasteiger partial charge on any atom is 0.387 e. The van der Waals surface area contributed by atoms with Gasteiger partial charge in [0.05, 0.1) is 5.02 Å². The van der Waals surface area contributed by atoms with E-state index in [4.69, 9.17) is 11.6 Å². The molecule has 0 saturated heterocycles. The molecule has 2 N–H and O–H groups in total. The Kier molecular flexibility index (Phi) is 6.75. The van der Waals surface area contributed by atoms with Gasteiger partial charge < -0.3 is 15.4 Å². The number of rotatable bonds is 6. The minimum atomic E-state index is -2.97. The van der Waals surface area contributed by atoms with Crippen LogP contribution in [0.4, 0.5) is 14.5 Å². The second-order valence-corrected chi connectivity index (χ2v) is 6.23. The van der Waals surface area contributed by atoms with E-state index in [0.717, 1.165) is 0 Å². The molecule has 0 fully saturated rings. The number of nitrogens with one attached hydrogen (secondary N) is 2. The third-order valence-electron chi connectivity index (χ3n) is 2.75. The second kappa shape index (κ2) is 8.10. The first-order valence-corrected chi connectivity index (χ1v) is 7.30. The van der Waals surface area contributed by atoms with Crippen molar-refractivity contribution in [1.82, 2.24) is 5.32 Å². The molecule has 0 heterocycles. The van der Waals surface area contributed by atoms with Crippen LogP contribution in [-0.4, -0.2) is 25.0 Å². The summed E-state index contributed by atoms with van der Waals surface area (Å²) < 4.78 is 28.4. The van der Waals surface area contributed by atoms with E-state index < -0.39 is 12.0 Å². The van der Waals surface area contributed by atoms with E-state index in [9.17, 15) is 18.4 Å². The summed E-state index contributed by atoms with van der Waals surface area (Å²) in [6, 6.07) is 3.95. The Morgan fingerprint density at radius 3 is 2.48 bits per heavy atom. The van der Waals surface area contributed by atoms with Crippen molar-refractivity contribution in [3.8, 4) is 5.75 Å². The van der Waals surface area contributed by atoms with Gasteiger partial charge in [-0.2, -0.15) is 8.78 Å². The van der Waals surface area contributed by atoms with Gasteiger partial charge in [0.15, 0.2) is 0 Å². The molecule has 0 spiro atoms. The number of alkyl halides is 2. The molecule has 0 aliphatic heterocycles. The summed E-state index contributed by atoms with van der Waals surface area (Å²) in [5.74, 6) is -0.656. The van der Waals surface area contributed by atoms with Crippen molar-refractivity contribution < 1.29 is 23.1 Å². The highest BCUT2D eigenvalue weighted by Crippen LogP contribution is 2.28. The summed E-state index contributed by atoms with van der Waals surface area (Å²) in [5.41, 5.74) is -0.173. The number of carbonyl (C=O) groups is 2. The van der Waals surface area contributed by atoms with E-state index in [-0.39, 0.29) is 35.6 Å². The Bertz CT molecular complexity index is 574. The lowest BCUT2D eigenvalue weighted by Crippen LogP contribution is -2.36. The molecule has 0 unspecified atom stereocenters. The number of anilines is 1. The lowest BCUT2D eigenvalue weighted by Gasteiger charge is -2.17. The minimum absolute atomic E-state index is 0.0378. The predicted octanol–water partition coefficient (Wildman–Crippen LogP) is 3.43. The molecule has 0 saturated carbocycles. The summed E-state index contributed by atoms with van der Waals surface area (Å²) in [7, 11) is 0. The Balaban J connectivity index is 2.49. The maximum absolute atomic E-state index is 12.1. The lowest BCUT2D eigenvalue weighted by molar-refractivity contribution is -0.128. The number of carbonyl (C=O) groups excluding carboxylic acids is 2. The van der Waals surface area contributed by atoms with Gasteiger partial charge in [-0.1, -0.05) is 32.4 Å². The molecule has 0 aliphatic rings. The summed E-state index contributed by atoms with van der Waals surface area (Å²) in [4.78, 5) is 23.4. The van der Waals surface area contributed by atoms with Gasteiger partial charge in [0.2, 0.25) is 11.8 Å². The van der Waals surface area contributed by atoms with Crippen molar-refractivity contribution in [2.45, 2.75) is 33.8 Å². The van der Waals surface area contributed by atoms with E-state index in [1.54, 1.807) is 20.8 Å². The van der Waals surface area contributed by atoms with Crippen molar-refractivity contribution in [2.24, 2.45) is 5.41 Å². The second-order valence-electron chi connectivity index (χ2n) is 5.83.